The van der Waals surface area contributed by atoms with Gasteiger partial charge in [-0.15, -0.1) is 0 Å². The van der Waals surface area contributed by atoms with E-state index in [9.17, 15) is 0 Å². The molecule has 0 unspecified atom stereocenters. The van der Waals surface area contributed by atoms with Gasteiger partial charge in [0.15, 0.2) is 0 Å². The number of benzene rings is 1. The van der Waals surface area contributed by atoms with Gasteiger partial charge < -0.3 is 5.73 Å². The molecule has 0 atom stereocenters. The van der Waals surface area contributed by atoms with E-state index in [1.807, 2.05) is 0 Å². The lowest BCUT2D eigenvalue weighted by atomic mass is 9.97. The van der Waals surface area contributed by atoms with Gasteiger partial charge >= 0.3 is 0 Å². The van der Waals surface area contributed by atoms with Gasteiger partial charge in [0.05, 0.1) is 0 Å². The van der Waals surface area contributed by atoms with Gasteiger partial charge in [-0.2, -0.15) is 0 Å². The van der Waals surface area contributed by atoms with Gasteiger partial charge in [-0.3, -0.25) is 4.90 Å². The van der Waals surface area contributed by atoms with Crippen molar-refractivity contribution in [2.75, 3.05) is 19.6 Å². The number of aryl methyl sites for hydroxylation is 1. The summed E-state index contributed by atoms with van der Waals surface area (Å²) in [5.74, 6) is 0. The summed E-state index contributed by atoms with van der Waals surface area (Å²) in [7, 11) is 0. The minimum atomic E-state index is 0.823. The maximum atomic E-state index is 5.52. The van der Waals surface area contributed by atoms with Crippen LogP contribution >= 0.6 is 0 Å². The topological polar surface area (TPSA) is 29.3 Å². The van der Waals surface area contributed by atoms with Gasteiger partial charge in [0.1, 0.15) is 0 Å². The molecule has 88 valence electrons. The van der Waals surface area contributed by atoms with Crippen LogP contribution in [0.15, 0.2) is 18.2 Å². The molecule has 1 aromatic rings. The number of unbranched alkanes of at least 4 members (excludes halogenated alkanes) is 1. The maximum absolute atomic E-state index is 5.52. The van der Waals surface area contributed by atoms with E-state index in [0.29, 0.717) is 0 Å². The molecular weight excluding hydrogens is 196 g/mol. The molecule has 0 fully saturated rings. The fourth-order valence-electron chi connectivity index (χ4n) is 2.41. The Morgan fingerprint density at radius 2 is 2.12 bits per heavy atom. The summed E-state index contributed by atoms with van der Waals surface area (Å²) in [5, 5.41) is 0. The standard InChI is InChI=1S/C14H22N2/c1-12-4-5-13-6-9-16(8-3-2-7-15)11-14(13)10-12/h4-5,10H,2-3,6-9,11,15H2,1H3. The lowest BCUT2D eigenvalue weighted by Gasteiger charge is -2.28. The Morgan fingerprint density at radius 1 is 1.25 bits per heavy atom. The minimum Gasteiger partial charge on any atom is -0.330 e. The van der Waals surface area contributed by atoms with E-state index >= 15 is 0 Å². The van der Waals surface area contributed by atoms with Crippen molar-refractivity contribution in [1.29, 1.82) is 0 Å². The largest absolute Gasteiger partial charge is 0.330 e. The highest BCUT2D eigenvalue weighted by Gasteiger charge is 2.15. The number of fused-ring (bicyclic) bond motifs is 1. The molecule has 1 aromatic carbocycles. The van der Waals surface area contributed by atoms with E-state index in [1.165, 1.54) is 37.1 Å². The molecule has 2 N–H and O–H groups in total. The Kier molecular flexibility index (Phi) is 3.97. The first kappa shape index (κ1) is 11.6. The second-order valence-electron chi connectivity index (χ2n) is 4.79. The molecule has 16 heavy (non-hydrogen) atoms. The van der Waals surface area contributed by atoms with Crippen molar-refractivity contribution in [2.24, 2.45) is 5.73 Å². The Bertz CT molecular complexity index is 347. The summed E-state index contributed by atoms with van der Waals surface area (Å²) < 4.78 is 0. The molecule has 0 saturated carbocycles. The Morgan fingerprint density at radius 3 is 2.94 bits per heavy atom. The van der Waals surface area contributed by atoms with Gasteiger partial charge in [-0.1, -0.05) is 23.8 Å². The molecule has 1 aliphatic heterocycles. The fourth-order valence-corrected chi connectivity index (χ4v) is 2.41. The molecule has 1 aliphatic rings. The van der Waals surface area contributed by atoms with Crippen LogP contribution in [0.3, 0.4) is 0 Å². The van der Waals surface area contributed by atoms with Gasteiger partial charge in [0.2, 0.25) is 0 Å². The van der Waals surface area contributed by atoms with Gasteiger partial charge in [-0.05, 0) is 50.4 Å². The molecule has 1 heterocycles. The zero-order chi connectivity index (χ0) is 11.4. The van der Waals surface area contributed by atoms with E-state index in [2.05, 4.69) is 30.0 Å². The molecule has 0 aromatic heterocycles. The van der Waals surface area contributed by atoms with Crippen molar-refractivity contribution in [2.45, 2.75) is 32.7 Å². The van der Waals surface area contributed by atoms with E-state index in [1.54, 1.807) is 5.56 Å². The molecule has 2 heteroatoms. The van der Waals surface area contributed by atoms with Crippen LogP contribution < -0.4 is 5.73 Å². The van der Waals surface area contributed by atoms with Gasteiger partial charge in [-0.25, -0.2) is 0 Å². The molecule has 2 nitrogen and oxygen atoms in total. The van der Waals surface area contributed by atoms with Crippen LogP contribution in [0.2, 0.25) is 0 Å². The highest BCUT2D eigenvalue weighted by Crippen LogP contribution is 2.20. The Balaban J connectivity index is 1.94. The summed E-state index contributed by atoms with van der Waals surface area (Å²) >= 11 is 0. The molecule has 0 radical (unpaired) electrons. The van der Waals surface area contributed by atoms with E-state index in [0.717, 1.165) is 19.5 Å². The quantitative estimate of drug-likeness (QED) is 0.784. The predicted octanol–water partition coefficient (Wildman–Crippen LogP) is 2.09. The lowest BCUT2D eigenvalue weighted by molar-refractivity contribution is 0.249. The SMILES string of the molecule is Cc1ccc2c(c1)CN(CCCCN)CC2. The first-order valence-corrected chi connectivity index (χ1v) is 6.30. The first-order valence-electron chi connectivity index (χ1n) is 6.30. The summed E-state index contributed by atoms with van der Waals surface area (Å²) in [6, 6.07) is 6.86. The normalized spacial score (nSPS) is 16.1. The lowest BCUT2D eigenvalue weighted by Crippen LogP contribution is -2.31. The zero-order valence-corrected chi connectivity index (χ0v) is 10.2. The van der Waals surface area contributed by atoms with Gasteiger partial charge in [0, 0.05) is 13.1 Å². The highest BCUT2D eigenvalue weighted by atomic mass is 15.1. The summed E-state index contributed by atoms with van der Waals surface area (Å²) in [5.41, 5.74) is 9.97. The van der Waals surface area contributed by atoms with Crippen LogP contribution in [-0.2, 0) is 13.0 Å². The van der Waals surface area contributed by atoms with Crippen LogP contribution in [0.25, 0.3) is 0 Å². The highest BCUT2D eigenvalue weighted by molar-refractivity contribution is 5.33. The number of nitrogens with two attached hydrogens (primary N) is 1. The molecule has 0 amide bonds. The van der Waals surface area contributed by atoms with E-state index in [4.69, 9.17) is 5.73 Å². The third-order valence-corrected chi connectivity index (χ3v) is 3.38. The molecule has 0 spiro atoms. The number of hydrogen-bond donors (Lipinski definition) is 1. The minimum absolute atomic E-state index is 0.823. The molecule has 0 saturated heterocycles. The third-order valence-electron chi connectivity index (χ3n) is 3.38. The maximum Gasteiger partial charge on any atom is 0.0236 e. The summed E-state index contributed by atoms with van der Waals surface area (Å²) in [4.78, 5) is 2.55. The molecular formula is C14H22N2. The predicted molar refractivity (Wildman–Crippen MR) is 68.4 cm³/mol. The van der Waals surface area contributed by atoms with Crippen molar-refractivity contribution in [3.8, 4) is 0 Å². The zero-order valence-electron chi connectivity index (χ0n) is 10.2. The second-order valence-corrected chi connectivity index (χ2v) is 4.79. The van der Waals surface area contributed by atoms with Crippen molar-refractivity contribution in [3.63, 3.8) is 0 Å². The average Bonchev–Trinajstić information content (AvgIpc) is 2.29. The first-order chi connectivity index (χ1) is 7.79. The van der Waals surface area contributed by atoms with E-state index < -0.39 is 0 Å². The smallest absolute Gasteiger partial charge is 0.0236 e. The summed E-state index contributed by atoms with van der Waals surface area (Å²) in [6.45, 7) is 6.53. The van der Waals surface area contributed by atoms with Crippen molar-refractivity contribution < 1.29 is 0 Å². The van der Waals surface area contributed by atoms with Crippen LogP contribution in [0, 0.1) is 6.92 Å². The van der Waals surface area contributed by atoms with Crippen LogP contribution in [-0.4, -0.2) is 24.5 Å². The monoisotopic (exact) mass is 218 g/mol. The van der Waals surface area contributed by atoms with Crippen LogP contribution in [0.4, 0.5) is 0 Å². The van der Waals surface area contributed by atoms with Gasteiger partial charge in [0.25, 0.3) is 0 Å². The van der Waals surface area contributed by atoms with Crippen molar-refractivity contribution >= 4 is 0 Å². The number of hydrogen-bond acceptors (Lipinski definition) is 2. The van der Waals surface area contributed by atoms with Crippen LogP contribution in [0.1, 0.15) is 29.5 Å². The number of nitrogens with zero attached hydrogens (tertiary/aromatic N) is 1. The molecule has 0 aliphatic carbocycles. The van der Waals surface area contributed by atoms with Crippen LogP contribution in [0.5, 0.6) is 0 Å². The van der Waals surface area contributed by atoms with E-state index in [-0.39, 0.29) is 0 Å². The van der Waals surface area contributed by atoms with Crippen molar-refractivity contribution in [1.82, 2.24) is 4.90 Å². The number of rotatable bonds is 4. The van der Waals surface area contributed by atoms with Crippen molar-refractivity contribution in [3.05, 3.63) is 34.9 Å². The fraction of sp³-hybridized carbons (Fsp3) is 0.571. The third kappa shape index (κ3) is 2.83. The second kappa shape index (κ2) is 5.46. The molecule has 2 rings (SSSR count). The Hall–Kier alpha value is -0.860. The average molecular weight is 218 g/mol. The molecule has 0 bridgehead atoms. The Labute approximate surface area is 98.4 Å². The summed E-state index contributed by atoms with van der Waals surface area (Å²) in [6.07, 6.45) is 3.59.